The maximum absolute atomic E-state index is 3.55. The Hall–Kier alpha value is -1.28. The molecule has 1 aromatic carbocycles. The molecule has 1 aliphatic heterocycles. The van der Waals surface area contributed by atoms with Gasteiger partial charge in [-0.1, -0.05) is 13.0 Å². The van der Waals surface area contributed by atoms with E-state index in [-0.39, 0.29) is 5.54 Å². The van der Waals surface area contributed by atoms with E-state index in [9.17, 15) is 0 Å². The second-order valence-electron chi connectivity index (χ2n) is 5.82. The summed E-state index contributed by atoms with van der Waals surface area (Å²) in [4.78, 5) is 0. The third-order valence-corrected chi connectivity index (χ3v) is 4.14. The van der Waals surface area contributed by atoms with Crippen LogP contribution in [-0.4, -0.2) is 11.1 Å². The van der Waals surface area contributed by atoms with Crippen LogP contribution in [0.25, 0.3) is 10.9 Å². The van der Waals surface area contributed by atoms with Gasteiger partial charge in [0.05, 0.1) is 0 Å². The molecule has 1 aliphatic rings. The number of aryl methyl sites for hydroxylation is 2. The van der Waals surface area contributed by atoms with Gasteiger partial charge >= 0.3 is 0 Å². The molecule has 0 saturated heterocycles. The summed E-state index contributed by atoms with van der Waals surface area (Å²) >= 11 is 0. The second kappa shape index (κ2) is 4.13. The molecule has 0 fully saturated rings. The fraction of sp³-hybridized carbons (Fsp3) is 0.500. The number of aromatic nitrogens is 1. The lowest BCUT2D eigenvalue weighted by molar-refractivity contribution is 0.416. The van der Waals surface area contributed by atoms with Crippen LogP contribution in [0, 0.1) is 0 Å². The van der Waals surface area contributed by atoms with Gasteiger partial charge in [-0.25, -0.2) is 0 Å². The Kier molecular flexibility index (Phi) is 2.70. The third-order valence-electron chi connectivity index (χ3n) is 4.14. The zero-order valence-corrected chi connectivity index (χ0v) is 11.6. The molecule has 2 nitrogen and oxygen atoms in total. The Bertz CT molecular complexity index is 578. The predicted octanol–water partition coefficient (Wildman–Crippen LogP) is 3.43. The van der Waals surface area contributed by atoms with Gasteiger partial charge in [-0.3, -0.25) is 0 Å². The first-order valence-corrected chi connectivity index (χ1v) is 6.99. The van der Waals surface area contributed by atoms with E-state index in [0.717, 1.165) is 6.54 Å². The van der Waals surface area contributed by atoms with Gasteiger partial charge in [0, 0.05) is 28.7 Å². The first-order valence-electron chi connectivity index (χ1n) is 6.99. The van der Waals surface area contributed by atoms with Gasteiger partial charge in [-0.2, -0.15) is 0 Å². The Balaban J connectivity index is 2.07. The molecule has 0 amide bonds. The summed E-state index contributed by atoms with van der Waals surface area (Å²) in [6, 6.07) is 9.28. The average molecular weight is 242 g/mol. The van der Waals surface area contributed by atoms with Gasteiger partial charge in [-0.05, 0) is 57.0 Å². The minimum absolute atomic E-state index is 0.0509. The second-order valence-corrected chi connectivity index (χ2v) is 5.82. The predicted molar refractivity (Wildman–Crippen MR) is 77.0 cm³/mol. The summed E-state index contributed by atoms with van der Waals surface area (Å²) in [6.07, 6.45) is 2.54. The topological polar surface area (TPSA) is 17.0 Å². The standard InChI is InChI=1S/C16H22N2/c1-4-17-16(2,3)13-7-8-15-12(10-13)11-14-6-5-9-18(14)15/h7-8,10-11,17H,4-6,9H2,1-3H3. The van der Waals surface area contributed by atoms with Crippen LogP contribution in [0.15, 0.2) is 24.3 Å². The Labute approximate surface area is 109 Å². The van der Waals surface area contributed by atoms with Crippen molar-refractivity contribution in [2.45, 2.75) is 45.7 Å². The van der Waals surface area contributed by atoms with E-state index in [0.29, 0.717) is 0 Å². The van der Waals surface area contributed by atoms with Crippen LogP contribution >= 0.6 is 0 Å². The van der Waals surface area contributed by atoms with Crippen LogP contribution in [0.3, 0.4) is 0 Å². The highest BCUT2D eigenvalue weighted by Gasteiger charge is 2.21. The van der Waals surface area contributed by atoms with Crippen LogP contribution in [-0.2, 0) is 18.5 Å². The lowest BCUT2D eigenvalue weighted by Gasteiger charge is -2.26. The molecule has 0 atom stereocenters. The van der Waals surface area contributed by atoms with Crippen LogP contribution in [0.5, 0.6) is 0 Å². The molecule has 0 saturated carbocycles. The van der Waals surface area contributed by atoms with Crippen LogP contribution in [0.4, 0.5) is 0 Å². The zero-order valence-electron chi connectivity index (χ0n) is 11.6. The number of nitrogens with one attached hydrogen (secondary N) is 1. The Morgan fingerprint density at radius 2 is 2.11 bits per heavy atom. The van der Waals surface area contributed by atoms with Gasteiger partial charge in [0.2, 0.25) is 0 Å². The molecule has 0 aliphatic carbocycles. The van der Waals surface area contributed by atoms with Crippen molar-refractivity contribution >= 4 is 10.9 Å². The first kappa shape index (κ1) is 11.8. The smallest absolute Gasteiger partial charge is 0.0482 e. The van der Waals surface area contributed by atoms with Crippen molar-refractivity contribution in [1.29, 1.82) is 0 Å². The minimum atomic E-state index is 0.0509. The van der Waals surface area contributed by atoms with Crippen molar-refractivity contribution in [3.63, 3.8) is 0 Å². The molecular weight excluding hydrogens is 220 g/mol. The Morgan fingerprint density at radius 1 is 1.28 bits per heavy atom. The number of hydrogen-bond acceptors (Lipinski definition) is 1. The summed E-state index contributed by atoms with van der Waals surface area (Å²) in [6.45, 7) is 8.85. The van der Waals surface area contributed by atoms with Crippen molar-refractivity contribution in [3.8, 4) is 0 Å². The fourth-order valence-corrected chi connectivity index (χ4v) is 3.15. The molecule has 3 rings (SSSR count). The molecule has 0 unspecified atom stereocenters. The van der Waals surface area contributed by atoms with E-state index in [4.69, 9.17) is 0 Å². The molecule has 0 spiro atoms. The molecule has 2 aromatic rings. The first-order chi connectivity index (χ1) is 8.62. The highest BCUT2D eigenvalue weighted by Crippen LogP contribution is 2.29. The van der Waals surface area contributed by atoms with Gasteiger partial charge in [0.1, 0.15) is 0 Å². The van der Waals surface area contributed by atoms with E-state index in [1.807, 2.05) is 0 Å². The molecule has 0 bridgehead atoms. The van der Waals surface area contributed by atoms with E-state index in [1.165, 1.54) is 41.5 Å². The van der Waals surface area contributed by atoms with E-state index < -0.39 is 0 Å². The van der Waals surface area contributed by atoms with Crippen LogP contribution < -0.4 is 5.32 Å². The summed E-state index contributed by atoms with van der Waals surface area (Å²) in [5.41, 5.74) is 4.33. The lowest BCUT2D eigenvalue weighted by Crippen LogP contribution is -2.36. The number of fused-ring (bicyclic) bond motifs is 3. The van der Waals surface area contributed by atoms with Gasteiger partial charge < -0.3 is 9.88 Å². The number of hydrogen-bond donors (Lipinski definition) is 1. The van der Waals surface area contributed by atoms with Crippen molar-refractivity contribution < 1.29 is 0 Å². The number of nitrogens with zero attached hydrogens (tertiary/aromatic N) is 1. The van der Waals surface area contributed by atoms with Crippen molar-refractivity contribution in [2.24, 2.45) is 0 Å². The summed E-state index contributed by atoms with van der Waals surface area (Å²) in [7, 11) is 0. The van der Waals surface area contributed by atoms with Crippen molar-refractivity contribution in [2.75, 3.05) is 6.54 Å². The zero-order chi connectivity index (χ0) is 12.8. The molecule has 2 heterocycles. The van der Waals surface area contributed by atoms with E-state index in [2.05, 4.69) is 54.9 Å². The molecule has 1 N–H and O–H groups in total. The van der Waals surface area contributed by atoms with Gasteiger partial charge in [0.15, 0.2) is 0 Å². The number of benzene rings is 1. The third kappa shape index (κ3) is 1.76. The Morgan fingerprint density at radius 3 is 2.89 bits per heavy atom. The number of rotatable bonds is 3. The monoisotopic (exact) mass is 242 g/mol. The summed E-state index contributed by atoms with van der Waals surface area (Å²) < 4.78 is 2.47. The molecule has 0 radical (unpaired) electrons. The quantitative estimate of drug-likeness (QED) is 0.872. The van der Waals surface area contributed by atoms with Gasteiger partial charge in [-0.15, -0.1) is 0 Å². The lowest BCUT2D eigenvalue weighted by atomic mass is 9.93. The molecule has 2 heteroatoms. The highest BCUT2D eigenvalue weighted by molar-refractivity contribution is 5.82. The highest BCUT2D eigenvalue weighted by atomic mass is 15.0. The van der Waals surface area contributed by atoms with E-state index >= 15 is 0 Å². The van der Waals surface area contributed by atoms with E-state index in [1.54, 1.807) is 0 Å². The maximum Gasteiger partial charge on any atom is 0.0482 e. The molecule has 96 valence electrons. The summed E-state index contributed by atoms with van der Waals surface area (Å²) in [5, 5.41) is 4.94. The van der Waals surface area contributed by atoms with Crippen LogP contribution in [0.2, 0.25) is 0 Å². The minimum Gasteiger partial charge on any atom is -0.345 e. The normalized spacial score (nSPS) is 15.3. The largest absolute Gasteiger partial charge is 0.345 e. The average Bonchev–Trinajstić information content (AvgIpc) is 2.87. The maximum atomic E-state index is 3.55. The van der Waals surface area contributed by atoms with Crippen molar-refractivity contribution in [1.82, 2.24) is 9.88 Å². The van der Waals surface area contributed by atoms with Gasteiger partial charge in [0.25, 0.3) is 0 Å². The van der Waals surface area contributed by atoms with Crippen molar-refractivity contribution in [3.05, 3.63) is 35.5 Å². The fourth-order valence-electron chi connectivity index (χ4n) is 3.15. The molecule has 18 heavy (non-hydrogen) atoms. The molecular formula is C16H22N2. The summed E-state index contributed by atoms with van der Waals surface area (Å²) in [5.74, 6) is 0. The van der Waals surface area contributed by atoms with Crippen LogP contribution in [0.1, 0.15) is 38.4 Å². The molecule has 1 aromatic heterocycles. The SMILES string of the molecule is CCNC(C)(C)c1ccc2c(c1)cc1n2CCC1.